The Kier molecular flexibility index (Phi) is 2.74. The van der Waals surface area contributed by atoms with Gasteiger partial charge in [0.25, 0.3) is 0 Å². The van der Waals surface area contributed by atoms with E-state index in [9.17, 15) is 0 Å². The third-order valence-corrected chi connectivity index (χ3v) is 4.62. The molecule has 2 aromatic heterocycles. The van der Waals surface area contributed by atoms with Gasteiger partial charge in [0, 0.05) is 5.41 Å². The fraction of sp³-hybridized carbons (Fsp3) is 0.538. The van der Waals surface area contributed by atoms with Crippen molar-refractivity contribution in [2.45, 2.75) is 44.4 Å². The SMILES string of the molecule is CC1(c2nc(-c3cccs3)n[nH]2)CCCCC1. The summed E-state index contributed by atoms with van der Waals surface area (Å²) in [6.07, 6.45) is 6.44. The lowest BCUT2D eigenvalue weighted by Gasteiger charge is -2.30. The van der Waals surface area contributed by atoms with Crippen LogP contribution in [0, 0.1) is 0 Å². The van der Waals surface area contributed by atoms with E-state index in [1.807, 2.05) is 6.07 Å². The first-order valence-corrected chi connectivity index (χ1v) is 7.13. The van der Waals surface area contributed by atoms with Crippen molar-refractivity contribution in [1.82, 2.24) is 15.2 Å². The zero-order valence-electron chi connectivity index (χ0n) is 10.1. The van der Waals surface area contributed by atoms with E-state index in [0.717, 1.165) is 16.5 Å². The van der Waals surface area contributed by atoms with Crippen molar-refractivity contribution in [3.05, 3.63) is 23.3 Å². The van der Waals surface area contributed by atoms with Gasteiger partial charge in [-0.05, 0) is 24.3 Å². The van der Waals surface area contributed by atoms with Crippen LogP contribution in [0.3, 0.4) is 0 Å². The van der Waals surface area contributed by atoms with Gasteiger partial charge < -0.3 is 0 Å². The maximum absolute atomic E-state index is 4.69. The molecule has 2 heterocycles. The van der Waals surface area contributed by atoms with E-state index in [1.165, 1.54) is 32.1 Å². The molecule has 1 aliphatic carbocycles. The Morgan fingerprint density at radius 2 is 2.12 bits per heavy atom. The summed E-state index contributed by atoms with van der Waals surface area (Å²) in [5, 5.41) is 9.57. The quantitative estimate of drug-likeness (QED) is 0.878. The average Bonchev–Trinajstić information content (AvgIpc) is 3.01. The van der Waals surface area contributed by atoms with Crippen LogP contribution in [0.15, 0.2) is 17.5 Å². The van der Waals surface area contributed by atoms with Gasteiger partial charge in [0.1, 0.15) is 5.82 Å². The molecule has 1 aliphatic rings. The molecule has 0 unspecified atom stereocenters. The Hall–Kier alpha value is -1.16. The van der Waals surface area contributed by atoms with Crippen LogP contribution in [0.2, 0.25) is 0 Å². The summed E-state index contributed by atoms with van der Waals surface area (Å²) in [6, 6.07) is 4.11. The Labute approximate surface area is 105 Å². The molecule has 0 aliphatic heterocycles. The lowest BCUT2D eigenvalue weighted by molar-refractivity contribution is 0.305. The van der Waals surface area contributed by atoms with E-state index in [1.54, 1.807) is 11.3 Å². The van der Waals surface area contributed by atoms with Gasteiger partial charge >= 0.3 is 0 Å². The van der Waals surface area contributed by atoms with Gasteiger partial charge in [0.2, 0.25) is 0 Å². The van der Waals surface area contributed by atoms with E-state index in [2.05, 4.69) is 28.6 Å². The van der Waals surface area contributed by atoms with Crippen molar-refractivity contribution in [2.24, 2.45) is 0 Å². The number of hydrogen-bond acceptors (Lipinski definition) is 3. The molecule has 0 atom stereocenters. The summed E-state index contributed by atoms with van der Waals surface area (Å²) in [5.41, 5.74) is 0.209. The van der Waals surface area contributed by atoms with E-state index in [-0.39, 0.29) is 5.41 Å². The summed E-state index contributed by atoms with van der Waals surface area (Å²) in [5.74, 6) is 1.92. The summed E-state index contributed by atoms with van der Waals surface area (Å²) >= 11 is 1.69. The van der Waals surface area contributed by atoms with E-state index in [0.29, 0.717) is 0 Å². The van der Waals surface area contributed by atoms with Gasteiger partial charge in [-0.3, -0.25) is 5.10 Å². The molecule has 1 N–H and O–H groups in total. The number of aromatic amines is 1. The molecule has 0 radical (unpaired) electrons. The zero-order valence-corrected chi connectivity index (χ0v) is 10.9. The zero-order chi connectivity index (χ0) is 11.7. The number of nitrogens with zero attached hydrogens (tertiary/aromatic N) is 2. The lowest BCUT2D eigenvalue weighted by Crippen LogP contribution is -2.26. The summed E-state index contributed by atoms with van der Waals surface area (Å²) in [7, 11) is 0. The predicted molar refractivity (Wildman–Crippen MR) is 70.1 cm³/mol. The third-order valence-electron chi connectivity index (χ3n) is 3.76. The van der Waals surface area contributed by atoms with Crippen LogP contribution in [-0.4, -0.2) is 15.2 Å². The molecule has 90 valence electrons. The average molecular weight is 247 g/mol. The normalized spacial score (nSPS) is 19.4. The van der Waals surface area contributed by atoms with Gasteiger partial charge in [-0.2, -0.15) is 5.10 Å². The minimum absolute atomic E-state index is 0.209. The van der Waals surface area contributed by atoms with Crippen LogP contribution in [-0.2, 0) is 5.41 Å². The standard InChI is InChI=1S/C13H17N3S/c1-13(7-3-2-4-8-13)12-14-11(15-16-12)10-6-5-9-17-10/h5-6,9H,2-4,7-8H2,1H3,(H,14,15,16). The number of rotatable bonds is 2. The monoisotopic (exact) mass is 247 g/mol. The fourth-order valence-electron chi connectivity index (χ4n) is 2.62. The lowest BCUT2D eigenvalue weighted by atomic mass is 9.75. The first-order chi connectivity index (χ1) is 8.28. The van der Waals surface area contributed by atoms with Crippen LogP contribution in [0.4, 0.5) is 0 Å². The molecule has 3 rings (SSSR count). The molecule has 0 amide bonds. The van der Waals surface area contributed by atoms with Crippen molar-refractivity contribution in [3.63, 3.8) is 0 Å². The Morgan fingerprint density at radius 3 is 2.82 bits per heavy atom. The maximum Gasteiger partial charge on any atom is 0.191 e. The van der Waals surface area contributed by atoms with Gasteiger partial charge in [0.05, 0.1) is 4.88 Å². The Balaban J connectivity index is 1.89. The van der Waals surface area contributed by atoms with Crippen LogP contribution in [0.25, 0.3) is 10.7 Å². The number of H-pyrrole nitrogens is 1. The summed E-state index contributed by atoms with van der Waals surface area (Å²) in [4.78, 5) is 5.84. The van der Waals surface area contributed by atoms with Crippen molar-refractivity contribution < 1.29 is 0 Å². The Morgan fingerprint density at radius 1 is 1.29 bits per heavy atom. The highest BCUT2D eigenvalue weighted by Crippen LogP contribution is 2.37. The molecule has 0 saturated heterocycles. The first-order valence-electron chi connectivity index (χ1n) is 6.25. The second kappa shape index (κ2) is 4.26. The van der Waals surface area contributed by atoms with Crippen LogP contribution in [0.5, 0.6) is 0 Å². The fourth-order valence-corrected chi connectivity index (χ4v) is 3.27. The molecular formula is C13H17N3S. The van der Waals surface area contributed by atoms with Gasteiger partial charge in [0.15, 0.2) is 5.82 Å². The molecule has 17 heavy (non-hydrogen) atoms. The van der Waals surface area contributed by atoms with Crippen molar-refractivity contribution >= 4 is 11.3 Å². The van der Waals surface area contributed by atoms with E-state index < -0.39 is 0 Å². The van der Waals surface area contributed by atoms with Crippen LogP contribution < -0.4 is 0 Å². The summed E-state index contributed by atoms with van der Waals surface area (Å²) < 4.78 is 0. The van der Waals surface area contributed by atoms with E-state index >= 15 is 0 Å². The molecule has 1 fully saturated rings. The molecule has 1 saturated carbocycles. The number of nitrogens with one attached hydrogen (secondary N) is 1. The van der Waals surface area contributed by atoms with Crippen LogP contribution >= 0.6 is 11.3 Å². The molecule has 4 heteroatoms. The first kappa shape index (κ1) is 11.0. The minimum Gasteiger partial charge on any atom is -0.262 e. The van der Waals surface area contributed by atoms with Crippen molar-refractivity contribution in [3.8, 4) is 10.7 Å². The van der Waals surface area contributed by atoms with Crippen molar-refractivity contribution in [2.75, 3.05) is 0 Å². The highest BCUT2D eigenvalue weighted by Gasteiger charge is 2.32. The number of thiophene rings is 1. The molecule has 0 spiro atoms. The topological polar surface area (TPSA) is 41.6 Å². The largest absolute Gasteiger partial charge is 0.262 e. The second-order valence-corrected chi connectivity index (χ2v) is 6.05. The Bertz CT molecular complexity index is 480. The minimum atomic E-state index is 0.209. The van der Waals surface area contributed by atoms with Gasteiger partial charge in [-0.15, -0.1) is 11.3 Å². The van der Waals surface area contributed by atoms with Gasteiger partial charge in [-0.1, -0.05) is 32.3 Å². The molecular weight excluding hydrogens is 230 g/mol. The molecule has 3 nitrogen and oxygen atoms in total. The van der Waals surface area contributed by atoms with Gasteiger partial charge in [-0.25, -0.2) is 4.98 Å². The maximum atomic E-state index is 4.69. The summed E-state index contributed by atoms with van der Waals surface area (Å²) in [6.45, 7) is 2.31. The highest BCUT2D eigenvalue weighted by atomic mass is 32.1. The van der Waals surface area contributed by atoms with E-state index in [4.69, 9.17) is 4.98 Å². The second-order valence-electron chi connectivity index (χ2n) is 5.11. The van der Waals surface area contributed by atoms with Crippen LogP contribution in [0.1, 0.15) is 44.9 Å². The number of hydrogen-bond donors (Lipinski definition) is 1. The predicted octanol–water partition coefficient (Wildman–Crippen LogP) is 3.76. The molecule has 0 aromatic carbocycles. The number of aromatic nitrogens is 3. The third kappa shape index (κ3) is 2.02. The van der Waals surface area contributed by atoms with Crippen molar-refractivity contribution in [1.29, 1.82) is 0 Å². The molecule has 2 aromatic rings. The highest BCUT2D eigenvalue weighted by molar-refractivity contribution is 7.13. The molecule has 0 bridgehead atoms. The smallest absolute Gasteiger partial charge is 0.191 e.